The summed E-state index contributed by atoms with van der Waals surface area (Å²) in [6, 6.07) is 19.0. The maximum absolute atomic E-state index is 12.7. The second-order valence-corrected chi connectivity index (χ2v) is 8.89. The predicted octanol–water partition coefficient (Wildman–Crippen LogP) is 3.96. The van der Waals surface area contributed by atoms with E-state index < -0.39 is 0 Å². The second kappa shape index (κ2) is 9.76. The molecular weight excluding hydrogens is 464 g/mol. The van der Waals surface area contributed by atoms with Gasteiger partial charge in [0.05, 0.1) is 11.2 Å². The molecule has 1 aliphatic heterocycles. The number of carbonyl (C=O) groups is 1. The molecule has 2 aromatic heterocycles. The van der Waals surface area contributed by atoms with E-state index in [0.29, 0.717) is 53.8 Å². The Balaban J connectivity index is 1.31. The molecule has 0 saturated carbocycles. The third-order valence-electron chi connectivity index (χ3n) is 5.96. The Morgan fingerprint density at radius 3 is 2.51 bits per heavy atom. The lowest BCUT2D eigenvalue weighted by Gasteiger charge is -2.35. The maximum atomic E-state index is 12.7. The van der Waals surface area contributed by atoms with Crippen LogP contribution in [0.15, 0.2) is 60.7 Å². The van der Waals surface area contributed by atoms with E-state index in [1.807, 2.05) is 24.3 Å². The number of carbonyl (C=O) groups excluding carboxylic acids is 1. The number of anilines is 2. The highest BCUT2D eigenvalue weighted by atomic mass is 35.5. The monoisotopic (exact) mass is 488 g/mol. The van der Waals surface area contributed by atoms with Gasteiger partial charge >= 0.3 is 0 Å². The molecule has 5 rings (SSSR count). The second-order valence-electron chi connectivity index (χ2n) is 8.45. The topological polar surface area (TPSA) is 97.5 Å². The zero-order chi connectivity index (χ0) is 24.4. The summed E-state index contributed by atoms with van der Waals surface area (Å²) in [6.45, 7) is 4.34. The Morgan fingerprint density at radius 1 is 1.00 bits per heavy atom. The third kappa shape index (κ3) is 5.12. The number of rotatable bonds is 5. The lowest BCUT2D eigenvalue weighted by molar-refractivity contribution is -0.133. The molecule has 0 radical (unpaired) electrons. The van der Waals surface area contributed by atoms with Gasteiger partial charge in [-0.1, -0.05) is 35.4 Å². The summed E-state index contributed by atoms with van der Waals surface area (Å²) >= 11 is 5.90. The number of nitrogens with two attached hydrogens (primary N) is 1. The van der Waals surface area contributed by atoms with Crippen molar-refractivity contribution in [3.63, 3.8) is 0 Å². The summed E-state index contributed by atoms with van der Waals surface area (Å²) < 4.78 is 5.61. The van der Waals surface area contributed by atoms with Crippen LogP contribution in [0.2, 0.25) is 5.02 Å². The van der Waals surface area contributed by atoms with E-state index in [4.69, 9.17) is 27.1 Å². The molecule has 1 saturated heterocycles. The number of benzene rings is 2. The number of piperazine rings is 1. The van der Waals surface area contributed by atoms with Crippen LogP contribution < -0.4 is 15.4 Å². The van der Waals surface area contributed by atoms with E-state index >= 15 is 0 Å². The number of amides is 1. The molecule has 1 amide bonds. The van der Waals surface area contributed by atoms with Gasteiger partial charge in [-0.2, -0.15) is 4.98 Å². The largest absolute Gasteiger partial charge is 0.484 e. The average molecular weight is 489 g/mol. The number of hydrogen-bond donors (Lipinski definition) is 1. The molecule has 178 valence electrons. The van der Waals surface area contributed by atoms with Crippen molar-refractivity contribution >= 4 is 40.3 Å². The van der Waals surface area contributed by atoms with E-state index in [9.17, 15) is 4.79 Å². The summed E-state index contributed by atoms with van der Waals surface area (Å²) in [5.41, 5.74) is 10.5. The molecule has 35 heavy (non-hydrogen) atoms. The molecule has 4 aromatic rings. The number of pyridine rings is 1. The van der Waals surface area contributed by atoms with Crippen LogP contribution in [-0.2, 0) is 4.79 Å². The van der Waals surface area contributed by atoms with Crippen molar-refractivity contribution in [2.75, 3.05) is 43.4 Å². The molecule has 1 aliphatic rings. The number of nitrogens with zero attached hydrogens (tertiary/aromatic N) is 5. The van der Waals surface area contributed by atoms with Gasteiger partial charge in [-0.05, 0) is 49.4 Å². The van der Waals surface area contributed by atoms with Crippen LogP contribution in [0.3, 0.4) is 0 Å². The highest BCUT2D eigenvalue weighted by Gasteiger charge is 2.24. The average Bonchev–Trinajstić information content (AvgIpc) is 2.87. The summed E-state index contributed by atoms with van der Waals surface area (Å²) in [4.78, 5) is 30.4. The van der Waals surface area contributed by atoms with Gasteiger partial charge in [-0.25, -0.2) is 9.97 Å². The molecule has 0 unspecified atom stereocenters. The van der Waals surface area contributed by atoms with Crippen LogP contribution in [0, 0.1) is 6.92 Å². The Kier molecular flexibility index (Phi) is 6.37. The van der Waals surface area contributed by atoms with Crippen molar-refractivity contribution in [3.05, 3.63) is 71.2 Å². The highest BCUT2D eigenvalue weighted by molar-refractivity contribution is 6.30. The molecular formula is C26H25ClN6O2. The van der Waals surface area contributed by atoms with Crippen LogP contribution >= 0.6 is 11.6 Å². The number of nitrogen functional groups attached to an aromatic ring is 1. The Bertz CT molecular complexity index is 1370. The van der Waals surface area contributed by atoms with Gasteiger partial charge in [0.15, 0.2) is 12.4 Å². The van der Waals surface area contributed by atoms with Gasteiger partial charge in [0, 0.05) is 36.8 Å². The van der Waals surface area contributed by atoms with Gasteiger partial charge in [-0.3, -0.25) is 4.79 Å². The fourth-order valence-corrected chi connectivity index (χ4v) is 4.26. The van der Waals surface area contributed by atoms with E-state index in [-0.39, 0.29) is 18.5 Å². The first-order chi connectivity index (χ1) is 17.0. The van der Waals surface area contributed by atoms with Crippen LogP contribution in [0.5, 0.6) is 5.75 Å². The van der Waals surface area contributed by atoms with Gasteiger partial charge in [0.2, 0.25) is 5.95 Å². The van der Waals surface area contributed by atoms with E-state index in [2.05, 4.69) is 33.9 Å². The number of aryl methyl sites for hydroxylation is 1. The first-order valence-corrected chi connectivity index (χ1v) is 11.8. The van der Waals surface area contributed by atoms with Gasteiger partial charge in [0.25, 0.3) is 5.91 Å². The van der Waals surface area contributed by atoms with Crippen LogP contribution in [0.1, 0.15) is 5.56 Å². The fraction of sp³-hybridized carbons (Fsp3) is 0.231. The molecule has 0 aliphatic carbocycles. The fourth-order valence-electron chi connectivity index (χ4n) is 4.14. The minimum Gasteiger partial charge on any atom is -0.484 e. The first kappa shape index (κ1) is 22.9. The maximum Gasteiger partial charge on any atom is 0.260 e. The van der Waals surface area contributed by atoms with Crippen molar-refractivity contribution in [1.29, 1.82) is 0 Å². The molecule has 2 aromatic carbocycles. The van der Waals surface area contributed by atoms with E-state index in [1.54, 1.807) is 29.2 Å². The molecule has 2 N–H and O–H groups in total. The normalized spacial score (nSPS) is 13.8. The summed E-state index contributed by atoms with van der Waals surface area (Å²) in [5.74, 6) is 1.44. The van der Waals surface area contributed by atoms with Crippen molar-refractivity contribution in [2.45, 2.75) is 6.92 Å². The summed E-state index contributed by atoms with van der Waals surface area (Å²) in [6.07, 6.45) is 0. The number of hydrogen-bond acceptors (Lipinski definition) is 7. The molecule has 3 heterocycles. The highest BCUT2D eigenvalue weighted by Crippen LogP contribution is 2.28. The molecule has 8 nitrogen and oxygen atoms in total. The SMILES string of the molecule is Cc1cccc(-c2ccc3nc(N)nc(N4CCN(C(=O)COc5ccc(Cl)cc5)CC4)c3n2)c1. The van der Waals surface area contributed by atoms with Crippen molar-refractivity contribution in [3.8, 4) is 17.0 Å². The smallest absolute Gasteiger partial charge is 0.260 e. The van der Waals surface area contributed by atoms with Crippen LogP contribution in [0.25, 0.3) is 22.3 Å². The minimum atomic E-state index is -0.0634. The number of halogens is 1. The molecule has 1 fully saturated rings. The number of aromatic nitrogens is 3. The van der Waals surface area contributed by atoms with Gasteiger partial charge < -0.3 is 20.3 Å². The number of ether oxygens (including phenoxy) is 1. The van der Waals surface area contributed by atoms with E-state index in [0.717, 1.165) is 11.3 Å². The van der Waals surface area contributed by atoms with E-state index in [1.165, 1.54) is 5.56 Å². The Labute approximate surface area is 208 Å². The lowest BCUT2D eigenvalue weighted by atomic mass is 10.1. The lowest BCUT2D eigenvalue weighted by Crippen LogP contribution is -2.50. The quantitative estimate of drug-likeness (QED) is 0.454. The van der Waals surface area contributed by atoms with Crippen LogP contribution in [0.4, 0.5) is 11.8 Å². The molecule has 0 atom stereocenters. The Morgan fingerprint density at radius 2 is 1.77 bits per heavy atom. The van der Waals surface area contributed by atoms with Gasteiger partial charge in [0.1, 0.15) is 11.3 Å². The minimum absolute atomic E-state index is 0.0214. The van der Waals surface area contributed by atoms with Gasteiger partial charge in [-0.15, -0.1) is 0 Å². The third-order valence-corrected chi connectivity index (χ3v) is 6.21. The molecule has 9 heteroatoms. The molecule has 0 bridgehead atoms. The summed E-state index contributed by atoms with van der Waals surface area (Å²) in [7, 11) is 0. The van der Waals surface area contributed by atoms with Crippen LogP contribution in [-0.4, -0.2) is 58.5 Å². The first-order valence-electron chi connectivity index (χ1n) is 11.4. The van der Waals surface area contributed by atoms with Crippen molar-refractivity contribution < 1.29 is 9.53 Å². The van der Waals surface area contributed by atoms with Crippen molar-refractivity contribution in [2.24, 2.45) is 0 Å². The molecule has 0 spiro atoms. The zero-order valence-electron chi connectivity index (χ0n) is 19.3. The predicted molar refractivity (Wildman–Crippen MR) is 138 cm³/mol. The number of fused-ring (bicyclic) bond motifs is 1. The van der Waals surface area contributed by atoms with Crippen molar-refractivity contribution in [1.82, 2.24) is 19.9 Å². The summed E-state index contributed by atoms with van der Waals surface area (Å²) in [5, 5.41) is 0.623. The Hall–Kier alpha value is -3.91. The standard InChI is InChI=1S/C26H25ClN6O2/c1-17-3-2-4-18(15-17)21-9-10-22-24(29-21)25(31-26(28)30-22)33-13-11-32(12-14-33)23(34)16-35-20-7-5-19(27)6-8-20/h2-10,15H,11-14,16H2,1H3,(H2,28,30,31). The zero-order valence-corrected chi connectivity index (χ0v) is 20.1.